The van der Waals surface area contributed by atoms with Gasteiger partial charge in [-0.1, -0.05) is 17.7 Å². The summed E-state index contributed by atoms with van der Waals surface area (Å²) < 4.78 is 12.0. The number of hydrazone groups is 1. The molecule has 3 rings (SSSR count). The number of nitro benzene ring substituents is 1. The van der Waals surface area contributed by atoms with Crippen molar-refractivity contribution in [2.45, 2.75) is 13.8 Å². The second-order valence-corrected chi connectivity index (χ2v) is 7.99. The molecule has 10 heteroatoms. The number of nitrogens with zero attached hydrogens (tertiary/aromatic N) is 2. The summed E-state index contributed by atoms with van der Waals surface area (Å²) in [4.78, 5) is 22.6. The number of benzene rings is 3. The number of non-ortho nitro benzene ring substituents is 1. The molecule has 34 heavy (non-hydrogen) atoms. The molecule has 0 aliphatic rings. The molecular formula is C24H23BrN4O5. The van der Waals surface area contributed by atoms with Crippen LogP contribution in [-0.2, 0) is 4.79 Å². The van der Waals surface area contributed by atoms with Crippen molar-refractivity contribution in [2.24, 2.45) is 5.10 Å². The number of nitrogens with one attached hydrogen (secondary N) is 2. The predicted octanol–water partition coefficient (Wildman–Crippen LogP) is 5.53. The Labute approximate surface area is 205 Å². The molecule has 1 amide bonds. The van der Waals surface area contributed by atoms with Crippen LogP contribution in [0.5, 0.6) is 11.5 Å². The molecule has 2 N–H and O–H groups in total. The number of hydrogen-bond donors (Lipinski definition) is 2. The van der Waals surface area contributed by atoms with Gasteiger partial charge < -0.3 is 14.8 Å². The van der Waals surface area contributed by atoms with Crippen LogP contribution in [0, 0.1) is 17.0 Å². The normalized spacial score (nSPS) is 10.7. The molecule has 0 aliphatic heterocycles. The highest BCUT2D eigenvalue weighted by atomic mass is 79.9. The summed E-state index contributed by atoms with van der Waals surface area (Å²) in [6, 6.07) is 16.9. The SMILES string of the molecule is CCOc1cc(/C=N/Nc2ccc([N+](=O)[O-])cc2)cc(Br)c1OCC(=O)Nc1ccc(C)cc1. The average molecular weight is 527 g/mol. The Morgan fingerprint density at radius 1 is 1.09 bits per heavy atom. The maximum Gasteiger partial charge on any atom is 0.269 e. The van der Waals surface area contributed by atoms with E-state index in [0.29, 0.717) is 39.5 Å². The van der Waals surface area contributed by atoms with Crippen LogP contribution in [0.15, 0.2) is 70.2 Å². The highest BCUT2D eigenvalue weighted by Gasteiger charge is 2.14. The van der Waals surface area contributed by atoms with Crippen LogP contribution in [0.3, 0.4) is 0 Å². The Kier molecular flexibility index (Phi) is 8.58. The van der Waals surface area contributed by atoms with E-state index in [1.54, 1.807) is 30.5 Å². The van der Waals surface area contributed by atoms with E-state index in [0.717, 1.165) is 5.56 Å². The van der Waals surface area contributed by atoms with E-state index in [9.17, 15) is 14.9 Å². The van der Waals surface area contributed by atoms with Gasteiger partial charge in [-0.3, -0.25) is 20.3 Å². The van der Waals surface area contributed by atoms with E-state index in [4.69, 9.17) is 9.47 Å². The second kappa shape index (κ2) is 11.8. The number of ether oxygens (including phenoxy) is 2. The highest BCUT2D eigenvalue weighted by molar-refractivity contribution is 9.10. The molecule has 176 valence electrons. The van der Waals surface area contributed by atoms with Gasteiger partial charge in [0.25, 0.3) is 11.6 Å². The van der Waals surface area contributed by atoms with E-state index < -0.39 is 4.92 Å². The van der Waals surface area contributed by atoms with Gasteiger partial charge in [-0.05, 0) is 71.7 Å². The number of anilines is 2. The van der Waals surface area contributed by atoms with Crippen LogP contribution in [0.4, 0.5) is 17.1 Å². The number of rotatable bonds is 10. The van der Waals surface area contributed by atoms with E-state index in [2.05, 4.69) is 31.8 Å². The molecule has 0 saturated heterocycles. The standard InChI is InChI=1S/C24H23BrN4O5/c1-3-33-22-13-17(14-26-28-19-8-10-20(11-9-19)29(31)32)12-21(25)24(22)34-15-23(30)27-18-6-4-16(2)5-7-18/h4-14,28H,3,15H2,1-2H3,(H,27,30)/b26-14+. The summed E-state index contributed by atoms with van der Waals surface area (Å²) in [5.74, 6) is 0.564. The molecule has 0 bridgehead atoms. The number of carbonyl (C=O) groups is 1. The van der Waals surface area contributed by atoms with Crippen molar-refractivity contribution in [1.82, 2.24) is 0 Å². The maximum absolute atomic E-state index is 12.3. The molecule has 0 spiro atoms. The van der Waals surface area contributed by atoms with Gasteiger partial charge in [-0.2, -0.15) is 5.10 Å². The van der Waals surface area contributed by atoms with Gasteiger partial charge in [0.15, 0.2) is 18.1 Å². The minimum atomic E-state index is -0.463. The molecule has 0 heterocycles. The number of halogens is 1. The highest BCUT2D eigenvalue weighted by Crippen LogP contribution is 2.36. The first kappa shape index (κ1) is 24.7. The van der Waals surface area contributed by atoms with Crippen molar-refractivity contribution in [2.75, 3.05) is 24.0 Å². The molecule has 0 unspecified atom stereocenters. The quantitative estimate of drug-likeness (QED) is 0.204. The Morgan fingerprint density at radius 3 is 2.41 bits per heavy atom. The first-order valence-corrected chi connectivity index (χ1v) is 11.1. The van der Waals surface area contributed by atoms with E-state index in [-0.39, 0.29) is 18.2 Å². The fourth-order valence-corrected chi connectivity index (χ4v) is 3.45. The van der Waals surface area contributed by atoms with E-state index in [1.165, 1.54) is 12.1 Å². The Hall–Kier alpha value is -3.92. The zero-order valence-electron chi connectivity index (χ0n) is 18.6. The number of aryl methyl sites for hydroxylation is 1. The summed E-state index contributed by atoms with van der Waals surface area (Å²) in [6.45, 7) is 4.03. The van der Waals surface area contributed by atoms with Crippen LogP contribution < -0.4 is 20.2 Å². The lowest BCUT2D eigenvalue weighted by Gasteiger charge is -2.14. The topological polar surface area (TPSA) is 115 Å². The van der Waals surface area contributed by atoms with Crippen LogP contribution in [0.2, 0.25) is 0 Å². The van der Waals surface area contributed by atoms with Gasteiger partial charge in [0.05, 0.1) is 27.9 Å². The van der Waals surface area contributed by atoms with E-state index >= 15 is 0 Å². The fourth-order valence-electron chi connectivity index (χ4n) is 2.88. The summed E-state index contributed by atoms with van der Waals surface area (Å²) >= 11 is 3.47. The smallest absolute Gasteiger partial charge is 0.269 e. The van der Waals surface area contributed by atoms with Crippen LogP contribution in [0.25, 0.3) is 0 Å². The molecule has 0 aliphatic carbocycles. The molecule has 3 aromatic rings. The van der Waals surface area contributed by atoms with E-state index in [1.807, 2.05) is 38.1 Å². The zero-order chi connectivity index (χ0) is 24.5. The molecule has 0 saturated carbocycles. The van der Waals surface area contributed by atoms with Crippen molar-refractivity contribution >= 4 is 45.1 Å². The third kappa shape index (κ3) is 7.04. The van der Waals surface area contributed by atoms with Gasteiger partial charge in [-0.25, -0.2) is 0 Å². The maximum atomic E-state index is 12.3. The van der Waals surface area contributed by atoms with Crippen molar-refractivity contribution < 1.29 is 19.2 Å². The molecule has 9 nitrogen and oxygen atoms in total. The Morgan fingerprint density at radius 2 is 1.76 bits per heavy atom. The molecule has 0 fully saturated rings. The Balaban J connectivity index is 1.65. The lowest BCUT2D eigenvalue weighted by Crippen LogP contribution is -2.20. The van der Waals surface area contributed by atoms with Crippen molar-refractivity contribution in [3.8, 4) is 11.5 Å². The second-order valence-electron chi connectivity index (χ2n) is 7.14. The van der Waals surface area contributed by atoms with Gasteiger partial charge in [0.1, 0.15) is 0 Å². The minimum Gasteiger partial charge on any atom is -0.490 e. The minimum absolute atomic E-state index is 0.00273. The zero-order valence-corrected chi connectivity index (χ0v) is 20.2. The molecule has 0 radical (unpaired) electrons. The average Bonchev–Trinajstić information content (AvgIpc) is 2.80. The third-order valence-electron chi connectivity index (χ3n) is 4.50. The monoisotopic (exact) mass is 526 g/mol. The molecule has 3 aromatic carbocycles. The number of amides is 1. The van der Waals surface area contributed by atoms with Gasteiger partial charge in [0, 0.05) is 17.8 Å². The number of hydrogen-bond acceptors (Lipinski definition) is 7. The lowest BCUT2D eigenvalue weighted by atomic mass is 10.2. The fraction of sp³-hybridized carbons (Fsp3) is 0.167. The predicted molar refractivity (Wildman–Crippen MR) is 135 cm³/mol. The van der Waals surface area contributed by atoms with Crippen LogP contribution in [0.1, 0.15) is 18.1 Å². The molecular weight excluding hydrogens is 504 g/mol. The van der Waals surface area contributed by atoms with Gasteiger partial charge >= 0.3 is 0 Å². The first-order valence-electron chi connectivity index (χ1n) is 10.3. The summed E-state index contributed by atoms with van der Waals surface area (Å²) in [5, 5.41) is 17.7. The summed E-state index contributed by atoms with van der Waals surface area (Å²) in [5.41, 5.74) is 5.93. The lowest BCUT2D eigenvalue weighted by molar-refractivity contribution is -0.384. The van der Waals surface area contributed by atoms with Crippen molar-refractivity contribution in [3.05, 3.63) is 86.4 Å². The van der Waals surface area contributed by atoms with Crippen molar-refractivity contribution in [1.29, 1.82) is 0 Å². The van der Waals surface area contributed by atoms with Crippen LogP contribution >= 0.6 is 15.9 Å². The summed E-state index contributed by atoms with van der Waals surface area (Å²) in [7, 11) is 0. The van der Waals surface area contributed by atoms with Gasteiger partial charge in [-0.15, -0.1) is 0 Å². The third-order valence-corrected chi connectivity index (χ3v) is 5.09. The Bertz CT molecular complexity index is 1180. The molecule has 0 atom stereocenters. The van der Waals surface area contributed by atoms with Crippen molar-refractivity contribution in [3.63, 3.8) is 0 Å². The first-order chi connectivity index (χ1) is 16.4. The molecule has 0 aromatic heterocycles. The van der Waals surface area contributed by atoms with Gasteiger partial charge in [0.2, 0.25) is 0 Å². The summed E-state index contributed by atoms with van der Waals surface area (Å²) in [6.07, 6.45) is 1.57. The van der Waals surface area contributed by atoms with Crippen LogP contribution in [-0.4, -0.2) is 30.3 Å². The number of nitro groups is 1. The largest absolute Gasteiger partial charge is 0.490 e. The number of carbonyl (C=O) groups excluding carboxylic acids is 1.